The summed E-state index contributed by atoms with van der Waals surface area (Å²) in [6.07, 6.45) is -1.47. The molecule has 0 fully saturated rings. The van der Waals surface area contributed by atoms with Gasteiger partial charge in [0.25, 0.3) is 5.91 Å². The molecule has 0 radical (unpaired) electrons. The summed E-state index contributed by atoms with van der Waals surface area (Å²) in [5.74, 6) is -1.58. The molecule has 152 valence electrons. The van der Waals surface area contributed by atoms with Crippen LogP contribution in [-0.2, 0) is 9.59 Å². The van der Waals surface area contributed by atoms with Gasteiger partial charge in [0.1, 0.15) is 11.6 Å². The highest BCUT2D eigenvalue weighted by Crippen LogP contribution is 2.35. The summed E-state index contributed by atoms with van der Waals surface area (Å²) < 4.78 is 31.4. The van der Waals surface area contributed by atoms with Gasteiger partial charge in [0.2, 0.25) is 12.3 Å². The van der Waals surface area contributed by atoms with Crippen LogP contribution in [0.2, 0.25) is 5.02 Å². The molecule has 1 aliphatic heterocycles. The molecule has 0 aromatic heterocycles. The lowest BCUT2D eigenvalue weighted by Crippen LogP contribution is -2.46. The number of carbonyl (C=O) groups excluding carboxylic acids is 2. The van der Waals surface area contributed by atoms with E-state index in [0.29, 0.717) is 11.4 Å². The van der Waals surface area contributed by atoms with Crippen molar-refractivity contribution in [2.24, 2.45) is 10.5 Å². The van der Waals surface area contributed by atoms with Gasteiger partial charge >= 0.3 is 0 Å². The number of hydrogen-bond acceptors (Lipinski definition) is 4. The molecule has 2 aromatic carbocycles. The molecular weight excluding hydrogens is 404 g/mol. The number of nitrogens with zero attached hydrogens (tertiary/aromatic N) is 2. The molecule has 0 spiro atoms. The predicted octanol–water partition coefficient (Wildman–Crippen LogP) is 4.54. The molecule has 0 saturated carbocycles. The summed E-state index contributed by atoms with van der Waals surface area (Å²) in [6.45, 7) is 4.24. The van der Waals surface area contributed by atoms with Crippen LogP contribution in [0.3, 0.4) is 0 Å². The highest BCUT2D eigenvalue weighted by molar-refractivity contribution is 6.33. The van der Waals surface area contributed by atoms with Gasteiger partial charge < -0.3 is 10.1 Å². The molecule has 6 nitrogen and oxygen atoms in total. The van der Waals surface area contributed by atoms with Crippen molar-refractivity contribution in [3.63, 3.8) is 0 Å². The zero-order valence-corrected chi connectivity index (χ0v) is 16.6. The van der Waals surface area contributed by atoms with Crippen molar-refractivity contribution in [3.05, 3.63) is 53.3 Å². The first-order valence-corrected chi connectivity index (χ1v) is 9.07. The normalized spacial score (nSPS) is 19.7. The summed E-state index contributed by atoms with van der Waals surface area (Å²) in [4.78, 5) is 25.9. The van der Waals surface area contributed by atoms with Crippen molar-refractivity contribution in [2.45, 2.75) is 27.1 Å². The number of alkyl halides is 1. The summed E-state index contributed by atoms with van der Waals surface area (Å²) in [5, 5.41) is 7.93. The Labute approximate surface area is 171 Å². The van der Waals surface area contributed by atoms with E-state index in [4.69, 9.17) is 16.3 Å². The molecule has 29 heavy (non-hydrogen) atoms. The second-order valence-corrected chi connectivity index (χ2v) is 7.13. The maximum atomic E-state index is 13.5. The topological polar surface area (TPSA) is 71.0 Å². The van der Waals surface area contributed by atoms with E-state index < -0.39 is 29.4 Å². The van der Waals surface area contributed by atoms with Crippen LogP contribution in [0.25, 0.3) is 0 Å². The van der Waals surface area contributed by atoms with Gasteiger partial charge in [0.05, 0.1) is 11.4 Å². The Hall–Kier alpha value is -3.00. The fraction of sp³-hybridized carbons (Fsp3) is 0.250. The maximum Gasteiger partial charge on any atom is 0.268 e. The smallest absolute Gasteiger partial charge is 0.268 e. The lowest BCUT2D eigenvalue weighted by Gasteiger charge is -2.23. The number of amides is 2. The molecule has 0 saturated heterocycles. The Morgan fingerprint density at radius 1 is 1.28 bits per heavy atom. The van der Waals surface area contributed by atoms with Crippen molar-refractivity contribution in [1.29, 1.82) is 0 Å². The number of nitrogens with one attached hydrogen (secondary N) is 1. The number of carbonyl (C=O) groups is 2. The zero-order chi connectivity index (χ0) is 21.3. The van der Waals surface area contributed by atoms with Crippen LogP contribution in [0.4, 0.5) is 20.2 Å². The molecule has 0 bridgehead atoms. The number of rotatable bonds is 5. The van der Waals surface area contributed by atoms with E-state index in [-0.39, 0.29) is 16.4 Å². The van der Waals surface area contributed by atoms with Gasteiger partial charge in [-0.2, -0.15) is 10.1 Å². The second-order valence-electron chi connectivity index (χ2n) is 6.69. The SMILES string of the molecule is CC1=NN(c2ccc(OC(C)F)cc2)C(=O)C1(C)C(=O)Nc1cc(F)cc(Cl)c1. The van der Waals surface area contributed by atoms with Crippen molar-refractivity contribution in [2.75, 3.05) is 10.3 Å². The van der Waals surface area contributed by atoms with Crippen LogP contribution in [-0.4, -0.2) is 23.9 Å². The van der Waals surface area contributed by atoms with E-state index in [9.17, 15) is 18.4 Å². The molecule has 2 atom stereocenters. The molecule has 2 amide bonds. The average molecular weight is 422 g/mol. The monoisotopic (exact) mass is 421 g/mol. The number of anilines is 2. The van der Waals surface area contributed by atoms with Crippen LogP contribution >= 0.6 is 11.6 Å². The maximum absolute atomic E-state index is 13.5. The lowest BCUT2D eigenvalue weighted by molar-refractivity contribution is -0.132. The fourth-order valence-corrected chi connectivity index (χ4v) is 3.06. The average Bonchev–Trinajstić information content (AvgIpc) is 2.86. The molecule has 2 aromatic rings. The highest BCUT2D eigenvalue weighted by atomic mass is 35.5. The number of hydrogen-bond donors (Lipinski definition) is 1. The van der Waals surface area contributed by atoms with Gasteiger partial charge in [0, 0.05) is 17.6 Å². The molecule has 1 aliphatic rings. The van der Waals surface area contributed by atoms with Crippen molar-refractivity contribution in [1.82, 2.24) is 0 Å². The zero-order valence-electron chi connectivity index (χ0n) is 15.9. The summed E-state index contributed by atoms with van der Waals surface area (Å²) in [6, 6.07) is 9.62. The lowest BCUT2D eigenvalue weighted by atomic mass is 9.84. The van der Waals surface area contributed by atoms with Crippen molar-refractivity contribution < 1.29 is 23.1 Å². The summed E-state index contributed by atoms with van der Waals surface area (Å²) >= 11 is 5.81. The Kier molecular flexibility index (Phi) is 5.57. The van der Waals surface area contributed by atoms with Crippen molar-refractivity contribution >= 4 is 40.5 Å². The third-order valence-electron chi connectivity index (χ3n) is 4.55. The van der Waals surface area contributed by atoms with Crippen molar-refractivity contribution in [3.8, 4) is 5.75 Å². The molecule has 3 rings (SSSR count). The van der Waals surface area contributed by atoms with Gasteiger partial charge in [0.15, 0.2) is 5.41 Å². The quantitative estimate of drug-likeness (QED) is 0.720. The fourth-order valence-electron chi connectivity index (χ4n) is 2.83. The van der Waals surface area contributed by atoms with Crippen LogP contribution < -0.4 is 15.1 Å². The molecule has 1 heterocycles. The largest absolute Gasteiger partial charge is 0.461 e. The number of halogens is 3. The highest BCUT2D eigenvalue weighted by Gasteiger charge is 2.51. The Morgan fingerprint density at radius 3 is 2.52 bits per heavy atom. The third kappa shape index (κ3) is 4.07. The third-order valence-corrected chi connectivity index (χ3v) is 4.77. The van der Waals surface area contributed by atoms with Gasteiger partial charge in [-0.3, -0.25) is 9.59 Å². The summed E-state index contributed by atoms with van der Waals surface area (Å²) in [7, 11) is 0. The number of ether oxygens (including phenoxy) is 1. The minimum absolute atomic E-state index is 0.111. The van der Waals surface area contributed by atoms with Crippen LogP contribution in [0.1, 0.15) is 20.8 Å². The molecular formula is C20H18ClF2N3O3. The van der Waals surface area contributed by atoms with Crippen LogP contribution in [0.15, 0.2) is 47.6 Å². The first-order valence-electron chi connectivity index (χ1n) is 8.70. The van der Waals surface area contributed by atoms with Gasteiger partial charge in [-0.05, 0) is 56.3 Å². The predicted molar refractivity (Wildman–Crippen MR) is 106 cm³/mol. The minimum Gasteiger partial charge on any atom is -0.461 e. The van der Waals surface area contributed by atoms with E-state index in [1.165, 1.54) is 44.2 Å². The Morgan fingerprint density at radius 2 is 1.93 bits per heavy atom. The number of benzene rings is 2. The molecule has 2 unspecified atom stereocenters. The molecule has 0 aliphatic carbocycles. The van der Waals surface area contributed by atoms with E-state index in [1.54, 1.807) is 6.92 Å². The second kappa shape index (κ2) is 7.79. The van der Waals surface area contributed by atoms with Gasteiger partial charge in [-0.1, -0.05) is 11.6 Å². The van der Waals surface area contributed by atoms with Gasteiger partial charge in [-0.15, -0.1) is 0 Å². The van der Waals surface area contributed by atoms with E-state index in [0.717, 1.165) is 17.1 Å². The number of hydrazone groups is 1. The Bertz CT molecular complexity index is 975. The van der Waals surface area contributed by atoms with Crippen LogP contribution in [0.5, 0.6) is 5.75 Å². The minimum atomic E-state index is -1.60. The van der Waals surface area contributed by atoms with Gasteiger partial charge in [-0.25, -0.2) is 8.78 Å². The molecule has 9 heteroatoms. The van der Waals surface area contributed by atoms with Crippen LogP contribution in [0, 0.1) is 11.2 Å². The first-order chi connectivity index (χ1) is 13.6. The molecule has 1 N–H and O–H groups in total. The van der Waals surface area contributed by atoms with E-state index in [2.05, 4.69) is 10.4 Å². The standard InChI is InChI=1S/C20H18ClF2N3O3/c1-11-20(3,18(27)24-15-9-13(21)8-14(23)10-15)19(28)26(25-11)16-4-6-17(7-5-16)29-12(2)22/h4-10,12H,1-3H3,(H,24,27). The van der Waals surface area contributed by atoms with E-state index >= 15 is 0 Å². The van der Waals surface area contributed by atoms with E-state index in [1.807, 2.05) is 0 Å². The first kappa shape index (κ1) is 20.7. The Balaban J connectivity index is 1.83. The summed E-state index contributed by atoms with van der Waals surface area (Å²) in [5.41, 5.74) is -0.817.